The van der Waals surface area contributed by atoms with Gasteiger partial charge in [0.15, 0.2) is 23.0 Å². The average Bonchev–Trinajstić information content (AvgIpc) is 2.38. The molecule has 0 aliphatic carbocycles. The smallest absolute Gasteiger partial charge is 0.279 e. The van der Waals surface area contributed by atoms with Crippen LogP contribution in [-0.4, -0.2) is 42.3 Å². The van der Waals surface area contributed by atoms with Gasteiger partial charge >= 0.3 is 0 Å². The fourth-order valence-corrected chi connectivity index (χ4v) is 1.17. The van der Waals surface area contributed by atoms with Crippen molar-refractivity contribution in [3.8, 4) is 11.4 Å². The number of hydrogen-bond donors (Lipinski definition) is 2. The molecule has 0 aliphatic heterocycles. The number of aromatic carboxylic acids is 2. The van der Waals surface area contributed by atoms with Gasteiger partial charge in [0.2, 0.25) is 0 Å². The maximum Gasteiger partial charge on any atom is 0.279 e. The summed E-state index contributed by atoms with van der Waals surface area (Å²) in [5.41, 5.74) is -3.43. The van der Waals surface area contributed by atoms with Gasteiger partial charge < -0.3 is 29.8 Å². The van der Waals surface area contributed by atoms with Gasteiger partial charge in [-0.2, -0.15) is 0 Å². The van der Waals surface area contributed by atoms with Crippen LogP contribution in [0.25, 0.3) is 11.4 Å². The molecule has 12 nitrogen and oxygen atoms in total. The van der Waals surface area contributed by atoms with Crippen molar-refractivity contribution in [1.82, 2.24) is 30.4 Å². The normalized spacial score (nSPS) is 10.2. The molecular formula is C8H2N6O6-2. The maximum atomic E-state index is 11.5. The van der Waals surface area contributed by atoms with E-state index < -0.39 is 46.1 Å². The monoisotopic (exact) mass is 278 g/mol. The molecule has 0 bridgehead atoms. The molecule has 2 rings (SSSR count). The van der Waals surface area contributed by atoms with Gasteiger partial charge in [-0.3, -0.25) is 9.59 Å². The standard InChI is InChI=1S/C8H4N6O6/c15-5-1(11-13-3(9-5)7(17)18)2-6(16)10-4(8(19)20)14-12-2/h(H,17,18)(H,19,20)(H,9,13,15)(H,10,14,16)/p-2. The van der Waals surface area contributed by atoms with E-state index in [-0.39, 0.29) is 0 Å². The Morgan fingerprint density at radius 1 is 0.750 bits per heavy atom. The van der Waals surface area contributed by atoms with E-state index >= 15 is 0 Å². The molecule has 0 fully saturated rings. The van der Waals surface area contributed by atoms with Gasteiger partial charge in [0, 0.05) is 0 Å². The van der Waals surface area contributed by atoms with Crippen LogP contribution in [0.4, 0.5) is 0 Å². The highest BCUT2D eigenvalue weighted by Crippen LogP contribution is 1.99. The van der Waals surface area contributed by atoms with Crippen LogP contribution in [0.2, 0.25) is 0 Å². The first-order valence-electron chi connectivity index (χ1n) is 4.77. The van der Waals surface area contributed by atoms with Crippen LogP contribution in [0.15, 0.2) is 9.59 Å². The predicted molar refractivity (Wildman–Crippen MR) is 53.0 cm³/mol. The van der Waals surface area contributed by atoms with Crippen molar-refractivity contribution in [1.29, 1.82) is 0 Å². The van der Waals surface area contributed by atoms with E-state index in [4.69, 9.17) is 0 Å². The number of rotatable bonds is 3. The van der Waals surface area contributed by atoms with Crippen LogP contribution in [0.1, 0.15) is 21.2 Å². The molecule has 0 atom stereocenters. The molecule has 0 saturated heterocycles. The van der Waals surface area contributed by atoms with Gasteiger partial charge in [0.25, 0.3) is 11.1 Å². The number of carbonyl (C=O) groups excluding carboxylic acids is 2. The molecule has 0 amide bonds. The zero-order valence-electron chi connectivity index (χ0n) is 9.24. The number of nitrogens with zero attached hydrogens (tertiary/aromatic N) is 4. The van der Waals surface area contributed by atoms with E-state index in [1.165, 1.54) is 0 Å². The molecule has 0 saturated carbocycles. The summed E-state index contributed by atoms with van der Waals surface area (Å²) < 4.78 is 0. The van der Waals surface area contributed by atoms with E-state index in [0.29, 0.717) is 0 Å². The van der Waals surface area contributed by atoms with Crippen LogP contribution in [0, 0.1) is 0 Å². The zero-order valence-corrected chi connectivity index (χ0v) is 9.24. The Morgan fingerprint density at radius 3 is 1.35 bits per heavy atom. The number of carboxylic acids is 2. The Morgan fingerprint density at radius 2 is 1.10 bits per heavy atom. The first-order chi connectivity index (χ1) is 9.40. The molecule has 0 spiro atoms. The lowest BCUT2D eigenvalue weighted by Gasteiger charge is -2.02. The third kappa shape index (κ3) is 2.24. The molecule has 0 unspecified atom stereocenters. The summed E-state index contributed by atoms with van der Waals surface area (Å²) in [6.45, 7) is 0. The van der Waals surface area contributed by atoms with Crippen molar-refractivity contribution in [3.63, 3.8) is 0 Å². The van der Waals surface area contributed by atoms with Crippen LogP contribution in [-0.2, 0) is 0 Å². The third-order valence-corrected chi connectivity index (χ3v) is 2.01. The highest BCUT2D eigenvalue weighted by molar-refractivity contribution is 5.81. The van der Waals surface area contributed by atoms with Gasteiger partial charge in [0.1, 0.15) is 11.9 Å². The Bertz CT molecular complexity index is 753. The summed E-state index contributed by atoms with van der Waals surface area (Å²) in [5, 5.41) is 33.5. The molecule has 0 aliphatic rings. The highest BCUT2D eigenvalue weighted by atomic mass is 16.4. The van der Waals surface area contributed by atoms with Crippen molar-refractivity contribution >= 4 is 11.9 Å². The van der Waals surface area contributed by atoms with Crippen LogP contribution >= 0.6 is 0 Å². The Labute approximate surface area is 107 Å². The van der Waals surface area contributed by atoms with Crippen LogP contribution in [0.3, 0.4) is 0 Å². The first-order valence-corrected chi connectivity index (χ1v) is 4.77. The number of aromatic amines is 2. The van der Waals surface area contributed by atoms with Crippen molar-refractivity contribution < 1.29 is 19.8 Å². The largest absolute Gasteiger partial charge is 0.542 e. The second-order valence-corrected chi connectivity index (χ2v) is 3.28. The highest BCUT2D eigenvalue weighted by Gasteiger charge is 2.15. The summed E-state index contributed by atoms with van der Waals surface area (Å²) in [6.07, 6.45) is 0. The minimum atomic E-state index is -1.77. The predicted octanol–water partition coefficient (Wildman–Crippen LogP) is -4.96. The number of carboxylic acid groups (broad SMARTS) is 2. The van der Waals surface area contributed by atoms with Gasteiger partial charge in [-0.25, -0.2) is 0 Å². The van der Waals surface area contributed by atoms with Gasteiger partial charge in [0.05, 0.1) is 0 Å². The van der Waals surface area contributed by atoms with Crippen molar-refractivity contribution in [3.05, 3.63) is 32.4 Å². The summed E-state index contributed by atoms with van der Waals surface area (Å²) in [5.74, 6) is -5.22. The van der Waals surface area contributed by atoms with Gasteiger partial charge in [-0.1, -0.05) is 0 Å². The van der Waals surface area contributed by atoms with E-state index in [0.717, 1.165) is 0 Å². The number of nitrogens with one attached hydrogen (secondary N) is 2. The number of aromatic nitrogens is 6. The fraction of sp³-hybridized carbons (Fsp3) is 0. The quantitative estimate of drug-likeness (QED) is 0.547. The SMILES string of the molecule is O=C([O-])c1nnc(-c2nnc(C(=O)[O-])[nH]c2=O)c(=O)[nH]1. The van der Waals surface area contributed by atoms with E-state index in [1.54, 1.807) is 9.97 Å². The molecule has 0 radical (unpaired) electrons. The molecule has 102 valence electrons. The van der Waals surface area contributed by atoms with Gasteiger partial charge in [-0.05, 0) is 0 Å². The minimum absolute atomic E-state index is 0.631. The Kier molecular flexibility index (Phi) is 3.04. The summed E-state index contributed by atoms with van der Waals surface area (Å²) in [4.78, 5) is 47.5. The molecule has 20 heavy (non-hydrogen) atoms. The lowest BCUT2D eigenvalue weighted by Crippen LogP contribution is -2.32. The molecule has 2 aromatic rings. The minimum Gasteiger partial charge on any atom is -0.542 e. The average molecular weight is 278 g/mol. The molecular weight excluding hydrogens is 276 g/mol. The molecule has 12 heteroatoms. The van der Waals surface area contributed by atoms with Crippen LogP contribution in [0.5, 0.6) is 0 Å². The van der Waals surface area contributed by atoms with E-state index in [9.17, 15) is 29.4 Å². The molecule has 2 heterocycles. The number of carbonyl (C=O) groups is 2. The summed E-state index contributed by atoms with van der Waals surface area (Å²) in [7, 11) is 0. The second-order valence-electron chi connectivity index (χ2n) is 3.28. The van der Waals surface area contributed by atoms with E-state index in [2.05, 4.69) is 20.4 Å². The lowest BCUT2D eigenvalue weighted by molar-refractivity contribution is -0.257. The Hall–Kier alpha value is -3.44. The third-order valence-electron chi connectivity index (χ3n) is 2.01. The lowest BCUT2D eigenvalue weighted by atomic mass is 10.3. The molecule has 0 aromatic carbocycles. The summed E-state index contributed by atoms with van der Waals surface area (Å²) >= 11 is 0. The Balaban J connectivity index is 2.58. The van der Waals surface area contributed by atoms with Crippen LogP contribution < -0.4 is 21.3 Å². The molecule has 2 aromatic heterocycles. The van der Waals surface area contributed by atoms with Crippen molar-refractivity contribution in [2.45, 2.75) is 0 Å². The fourth-order valence-electron chi connectivity index (χ4n) is 1.17. The maximum absolute atomic E-state index is 11.5. The first kappa shape index (κ1) is 13.0. The number of hydrogen-bond acceptors (Lipinski definition) is 10. The second kappa shape index (κ2) is 4.68. The molecule has 2 N–H and O–H groups in total. The van der Waals surface area contributed by atoms with Crippen molar-refractivity contribution in [2.75, 3.05) is 0 Å². The topological polar surface area (TPSA) is 198 Å². The van der Waals surface area contributed by atoms with Crippen molar-refractivity contribution in [2.24, 2.45) is 0 Å². The summed E-state index contributed by atoms with van der Waals surface area (Å²) in [6, 6.07) is 0. The van der Waals surface area contributed by atoms with Gasteiger partial charge in [-0.15, -0.1) is 20.4 Å². The number of H-pyrrole nitrogens is 2. The van der Waals surface area contributed by atoms with E-state index in [1.807, 2.05) is 0 Å². The zero-order chi connectivity index (χ0) is 14.9.